The van der Waals surface area contributed by atoms with E-state index in [9.17, 15) is 26.3 Å². The Balaban J connectivity index is 0.000000345. The van der Waals surface area contributed by atoms with E-state index in [1.807, 2.05) is 17.0 Å². The Bertz CT molecular complexity index is 729. The number of hydrogen-bond acceptors (Lipinski definition) is 5. The van der Waals surface area contributed by atoms with Crippen molar-refractivity contribution in [1.82, 2.24) is 4.90 Å². The lowest BCUT2D eigenvalue weighted by atomic mass is 9.92. The smallest absolute Gasteiger partial charge is 0.475 e. The van der Waals surface area contributed by atoms with Gasteiger partial charge in [0.05, 0.1) is 6.04 Å². The summed E-state index contributed by atoms with van der Waals surface area (Å²) in [5.74, 6) is -2.76. The molecule has 0 aliphatic carbocycles. The SMILES string of the molecule is Nc1cccc(CN2CCCCC2C2(C(F)(F)F)N=N2)c1.O=C(O)C(F)(F)F. The fraction of sp³-hybridized carbons (Fsp3) is 0.562. The third kappa shape index (κ3) is 5.12. The first-order valence-corrected chi connectivity index (χ1v) is 8.26. The van der Waals surface area contributed by atoms with E-state index in [2.05, 4.69) is 10.2 Å². The lowest BCUT2D eigenvalue weighted by molar-refractivity contribution is -0.192. The topological polar surface area (TPSA) is 91.3 Å². The molecule has 0 spiro atoms. The number of rotatable bonds is 3. The fourth-order valence-electron chi connectivity index (χ4n) is 3.05. The van der Waals surface area contributed by atoms with Crippen LogP contribution in [0.1, 0.15) is 24.8 Å². The molecule has 1 saturated heterocycles. The first-order chi connectivity index (χ1) is 12.9. The van der Waals surface area contributed by atoms with Gasteiger partial charge in [-0.15, -0.1) is 10.2 Å². The second kappa shape index (κ2) is 7.94. The third-order valence-corrected chi connectivity index (χ3v) is 4.39. The molecule has 2 aliphatic rings. The van der Waals surface area contributed by atoms with Gasteiger partial charge in [0.2, 0.25) is 0 Å². The van der Waals surface area contributed by atoms with Crippen molar-refractivity contribution in [1.29, 1.82) is 0 Å². The molecule has 0 amide bonds. The standard InChI is InChI=1S/C14H17F3N4.C2HF3O2/c15-14(16,17)13(19-20-13)12-6-1-2-7-21(12)9-10-4-3-5-11(18)8-10;3-2(4,5)1(6)7/h3-5,8,12H,1-2,6-7,9,18H2;(H,6,7). The van der Waals surface area contributed by atoms with Gasteiger partial charge in [0.1, 0.15) is 0 Å². The highest BCUT2D eigenvalue weighted by molar-refractivity contribution is 5.73. The van der Waals surface area contributed by atoms with Gasteiger partial charge in [-0.25, -0.2) is 4.79 Å². The molecule has 2 heterocycles. The van der Waals surface area contributed by atoms with Gasteiger partial charge in [0, 0.05) is 12.2 Å². The minimum Gasteiger partial charge on any atom is -0.475 e. The van der Waals surface area contributed by atoms with Gasteiger partial charge in [0.15, 0.2) is 0 Å². The number of halogens is 6. The van der Waals surface area contributed by atoms with E-state index >= 15 is 0 Å². The number of anilines is 1. The molecule has 2 aliphatic heterocycles. The van der Waals surface area contributed by atoms with Crippen LogP contribution in [-0.2, 0) is 11.3 Å². The molecule has 1 fully saturated rings. The van der Waals surface area contributed by atoms with E-state index in [-0.39, 0.29) is 0 Å². The lowest BCUT2D eigenvalue weighted by Crippen LogP contribution is -2.54. The first-order valence-electron chi connectivity index (χ1n) is 8.26. The molecule has 28 heavy (non-hydrogen) atoms. The van der Waals surface area contributed by atoms with E-state index in [1.165, 1.54) is 0 Å². The number of likely N-dealkylation sites (tertiary alicyclic amines) is 1. The number of hydrogen-bond donors (Lipinski definition) is 2. The monoisotopic (exact) mass is 412 g/mol. The van der Waals surface area contributed by atoms with Gasteiger partial charge in [-0.05, 0) is 37.1 Å². The van der Waals surface area contributed by atoms with Crippen LogP contribution in [0, 0.1) is 0 Å². The molecule has 1 aromatic carbocycles. The number of carboxylic acid groups (broad SMARTS) is 1. The molecule has 1 aromatic rings. The molecule has 0 bridgehead atoms. The predicted molar refractivity (Wildman–Crippen MR) is 86.2 cm³/mol. The summed E-state index contributed by atoms with van der Waals surface area (Å²) in [6.07, 6.45) is -7.36. The summed E-state index contributed by atoms with van der Waals surface area (Å²) in [4.78, 5) is 10.7. The second-order valence-corrected chi connectivity index (χ2v) is 6.45. The van der Waals surface area contributed by atoms with E-state index in [0.717, 1.165) is 18.4 Å². The Morgan fingerprint density at radius 3 is 2.29 bits per heavy atom. The van der Waals surface area contributed by atoms with Crippen LogP contribution in [0.4, 0.5) is 32.0 Å². The molecule has 1 unspecified atom stereocenters. The number of nitrogens with two attached hydrogens (primary N) is 1. The Hall–Kier alpha value is -2.37. The molecular weight excluding hydrogens is 394 g/mol. The van der Waals surface area contributed by atoms with Gasteiger partial charge in [-0.3, -0.25) is 4.90 Å². The maximum Gasteiger partial charge on any atom is 0.490 e. The summed E-state index contributed by atoms with van der Waals surface area (Å²) in [6.45, 7) is 1.07. The van der Waals surface area contributed by atoms with Crippen LogP contribution in [0.15, 0.2) is 34.5 Å². The number of carboxylic acids is 1. The van der Waals surface area contributed by atoms with Gasteiger partial charge in [-0.1, -0.05) is 18.6 Å². The van der Waals surface area contributed by atoms with Crippen molar-refractivity contribution < 1.29 is 36.2 Å². The van der Waals surface area contributed by atoms with Crippen LogP contribution >= 0.6 is 0 Å². The summed E-state index contributed by atoms with van der Waals surface area (Å²) in [5, 5.41) is 13.9. The Labute approximate surface area is 156 Å². The van der Waals surface area contributed by atoms with Crippen molar-refractivity contribution in [3.05, 3.63) is 29.8 Å². The van der Waals surface area contributed by atoms with E-state index in [4.69, 9.17) is 15.6 Å². The van der Waals surface area contributed by atoms with Crippen LogP contribution < -0.4 is 5.73 Å². The first kappa shape index (κ1) is 21.9. The average molecular weight is 412 g/mol. The second-order valence-electron chi connectivity index (χ2n) is 6.45. The van der Waals surface area contributed by atoms with Crippen LogP contribution in [0.25, 0.3) is 0 Å². The average Bonchev–Trinajstić information content (AvgIpc) is 3.36. The predicted octanol–water partition coefficient (Wildman–Crippen LogP) is 3.98. The van der Waals surface area contributed by atoms with Crippen LogP contribution in [0.5, 0.6) is 0 Å². The molecule has 6 nitrogen and oxygen atoms in total. The number of carbonyl (C=O) groups is 1. The van der Waals surface area contributed by atoms with Crippen molar-refractivity contribution in [3.8, 4) is 0 Å². The molecule has 12 heteroatoms. The van der Waals surface area contributed by atoms with E-state index < -0.39 is 30.0 Å². The van der Waals surface area contributed by atoms with Gasteiger partial charge in [0.25, 0.3) is 5.66 Å². The van der Waals surface area contributed by atoms with Gasteiger partial charge >= 0.3 is 18.3 Å². The Morgan fingerprint density at radius 1 is 1.21 bits per heavy atom. The van der Waals surface area contributed by atoms with E-state index in [1.54, 1.807) is 12.1 Å². The van der Waals surface area contributed by atoms with Crippen molar-refractivity contribution in [2.45, 2.75) is 49.9 Å². The van der Waals surface area contributed by atoms with Crippen LogP contribution in [-0.4, -0.2) is 46.6 Å². The summed E-state index contributed by atoms with van der Waals surface area (Å²) in [7, 11) is 0. The van der Waals surface area contributed by atoms with Gasteiger partial charge in [-0.2, -0.15) is 26.3 Å². The minimum absolute atomic E-state index is 0.443. The molecule has 3 N–H and O–H groups in total. The highest BCUT2D eigenvalue weighted by Crippen LogP contribution is 2.50. The quantitative estimate of drug-likeness (QED) is 0.580. The maximum absolute atomic E-state index is 13.2. The molecule has 0 saturated carbocycles. The van der Waals surface area contributed by atoms with Crippen LogP contribution in [0.3, 0.4) is 0 Å². The summed E-state index contributed by atoms with van der Waals surface area (Å²) in [5.41, 5.74) is 5.06. The summed E-state index contributed by atoms with van der Waals surface area (Å²) in [6, 6.07) is 6.55. The summed E-state index contributed by atoms with van der Waals surface area (Å²) < 4.78 is 71.4. The molecular formula is C16H18F6N4O2. The Kier molecular flexibility index (Phi) is 6.21. The lowest BCUT2D eigenvalue weighted by Gasteiger charge is -2.38. The molecule has 0 radical (unpaired) electrons. The highest BCUT2D eigenvalue weighted by atomic mass is 19.4. The van der Waals surface area contributed by atoms with Crippen molar-refractivity contribution in [2.24, 2.45) is 10.2 Å². The number of alkyl halides is 6. The largest absolute Gasteiger partial charge is 0.490 e. The van der Waals surface area contributed by atoms with E-state index in [0.29, 0.717) is 25.2 Å². The van der Waals surface area contributed by atoms with Crippen molar-refractivity contribution in [2.75, 3.05) is 12.3 Å². The van der Waals surface area contributed by atoms with Crippen LogP contribution in [0.2, 0.25) is 0 Å². The minimum atomic E-state index is -5.08. The zero-order valence-corrected chi connectivity index (χ0v) is 14.5. The zero-order valence-electron chi connectivity index (χ0n) is 14.5. The molecule has 1 atom stereocenters. The Morgan fingerprint density at radius 2 is 1.82 bits per heavy atom. The number of benzene rings is 1. The third-order valence-electron chi connectivity index (χ3n) is 4.39. The molecule has 156 valence electrons. The van der Waals surface area contributed by atoms with Gasteiger partial charge < -0.3 is 10.8 Å². The highest BCUT2D eigenvalue weighted by Gasteiger charge is 2.69. The summed E-state index contributed by atoms with van der Waals surface area (Å²) >= 11 is 0. The molecule has 0 aromatic heterocycles. The number of nitrogen functional groups attached to an aromatic ring is 1. The zero-order chi connectivity index (χ0) is 21.2. The number of aliphatic carboxylic acids is 1. The molecule has 3 rings (SSSR count). The number of piperidine rings is 1. The van der Waals surface area contributed by atoms with Crippen molar-refractivity contribution in [3.63, 3.8) is 0 Å². The normalized spacial score (nSPS) is 21.6. The maximum atomic E-state index is 13.2. The fourth-order valence-corrected chi connectivity index (χ4v) is 3.05. The number of nitrogens with zero attached hydrogens (tertiary/aromatic N) is 3. The van der Waals surface area contributed by atoms with Crippen molar-refractivity contribution >= 4 is 11.7 Å².